The van der Waals surface area contributed by atoms with Crippen molar-refractivity contribution in [2.75, 3.05) is 0 Å². The van der Waals surface area contributed by atoms with Gasteiger partial charge in [0.05, 0.1) is 0 Å². The lowest BCUT2D eigenvalue weighted by atomic mass is 9.85. The number of nitrogens with two attached hydrogens (primary N) is 1. The molecule has 1 unspecified atom stereocenters. The van der Waals surface area contributed by atoms with Gasteiger partial charge in [0, 0.05) is 6.42 Å². The van der Waals surface area contributed by atoms with E-state index in [9.17, 15) is 9.18 Å². The zero-order valence-electron chi connectivity index (χ0n) is 9.03. The van der Waals surface area contributed by atoms with Crippen molar-refractivity contribution >= 4 is 5.91 Å². The highest BCUT2D eigenvalue weighted by Gasteiger charge is 2.20. The Morgan fingerprint density at radius 3 is 2.47 bits per heavy atom. The van der Waals surface area contributed by atoms with Crippen LogP contribution in [0.15, 0.2) is 24.3 Å². The zero-order chi connectivity index (χ0) is 11.4. The Kier molecular flexibility index (Phi) is 3.83. The van der Waals surface area contributed by atoms with Crippen molar-refractivity contribution in [3.63, 3.8) is 0 Å². The number of benzene rings is 1. The predicted octanol–water partition coefficient (Wildman–Crippen LogP) is 2.44. The van der Waals surface area contributed by atoms with Crippen LogP contribution in [0.3, 0.4) is 0 Å². The Morgan fingerprint density at radius 2 is 2.00 bits per heavy atom. The van der Waals surface area contributed by atoms with E-state index in [2.05, 4.69) is 0 Å². The third-order valence-electron chi connectivity index (χ3n) is 2.53. The first kappa shape index (κ1) is 11.7. The minimum atomic E-state index is -0.392. The summed E-state index contributed by atoms with van der Waals surface area (Å²) in [6.07, 6.45) is 0.193. The summed E-state index contributed by atoms with van der Waals surface area (Å²) < 4.78 is 13.5. The molecular weight excluding hydrogens is 193 g/mol. The minimum Gasteiger partial charge on any atom is -0.370 e. The van der Waals surface area contributed by atoms with Crippen molar-refractivity contribution in [3.8, 4) is 0 Å². The summed E-state index contributed by atoms with van der Waals surface area (Å²) >= 11 is 0. The fraction of sp³-hybridized carbons (Fsp3) is 0.417. The number of primary amides is 1. The molecule has 0 aromatic heterocycles. The van der Waals surface area contributed by atoms with E-state index in [1.54, 1.807) is 18.2 Å². The number of hydrogen-bond acceptors (Lipinski definition) is 1. The summed E-state index contributed by atoms with van der Waals surface area (Å²) in [6.45, 7) is 3.92. The van der Waals surface area contributed by atoms with Crippen molar-refractivity contribution in [1.82, 2.24) is 0 Å². The lowest BCUT2D eigenvalue weighted by Crippen LogP contribution is -2.19. The first-order valence-electron chi connectivity index (χ1n) is 5.05. The SMILES string of the molecule is CC(C)C(CC(N)=O)c1ccccc1F. The fourth-order valence-electron chi connectivity index (χ4n) is 1.70. The largest absolute Gasteiger partial charge is 0.370 e. The molecular formula is C12H16FNO. The summed E-state index contributed by atoms with van der Waals surface area (Å²) in [5, 5.41) is 0. The number of halogens is 1. The summed E-state index contributed by atoms with van der Waals surface area (Å²) in [4.78, 5) is 10.9. The molecule has 0 aliphatic rings. The van der Waals surface area contributed by atoms with Gasteiger partial charge in [-0.25, -0.2) is 4.39 Å². The maximum absolute atomic E-state index is 13.5. The zero-order valence-corrected chi connectivity index (χ0v) is 9.03. The lowest BCUT2D eigenvalue weighted by molar-refractivity contribution is -0.118. The minimum absolute atomic E-state index is 0.135. The molecule has 0 radical (unpaired) electrons. The quantitative estimate of drug-likeness (QED) is 0.813. The maximum Gasteiger partial charge on any atom is 0.218 e. The molecule has 3 heteroatoms. The van der Waals surface area contributed by atoms with E-state index < -0.39 is 5.91 Å². The Morgan fingerprint density at radius 1 is 1.40 bits per heavy atom. The Bertz CT molecular complexity index is 349. The molecule has 0 heterocycles. The molecule has 0 aliphatic heterocycles. The van der Waals surface area contributed by atoms with E-state index in [0.717, 1.165) is 0 Å². The van der Waals surface area contributed by atoms with Gasteiger partial charge in [0.25, 0.3) is 0 Å². The van der Waals surface area contributed by atoms with Gasteiger partial charge in [-0.1, -0.05) is 32.0 Å². The fourth-order valence-corrected chi connectivity index (χ4v) is 1.70. The van der Waals surface area contributed by atoms with E-state index in [1.807, 2.05) is 13.8 Å². The van der Waals surface area contributed by atoms with Gasteiger partial charge in [0.2, 0.25) is 5.91 Å². The molecule has 0 bridgehead atoms. The van der Waals surface area contributed by atoms with Crippen molar-refractivity contribution in [3.05, 3.63) is 35.6 Å². The Hall–Kier alpha value is -1.38. The summed E-state index contributed by atoms with van der Waals surface area (Å²) in [5.74, 6) is -0.604. The molecule has 2 N–H and O–H groups in total. The highest BCUT2D eigenvalue weighted by molar-refractivity contribution is 5.74. The van der Waals surface area contributed by atoms with Crippen LogP contribution in [0.5, 0.6) is 0 Å². The third-order valence-corrected chi connectivity index (χ3v) is 2.53. The second-order valence-electron chi connectivity index (χ2n) is 4.04. The molecule has 1 rings (SSSR count). The second-order valence-corrected chi connectivity index (χ2v) is 4.04. The topological polar surface area (TPSA) is 43.1 Å². The number of carbonyl (C=O) groups excluding carboxylic acids is 1. The first-order chi connectivity index (χ1) is 7.02. The first-order valence-corrected chi connectivity index (χ1v) is 5.05. The summed E-state index contributed by atoms with van der Waals surface area (Å²) in [7, 11) is 0. The molecule has 15 heavy (non-hydrogen) atoms. The number of amides is 1. The van der Waals surface area contributed by atoms with Gasteiger partial charge in [-0.2, -0.15) is 0 Å². The van der Waals surface area contributed by atoms with E-state index in [0.29, 0.717) is 5.56 Å². The van der Waals surface area contributed by atoms with Gasteiger partial charge >= 0.3 is 0 Å². The second kappa shape index (κ2) is 4.91. The molecule has 0 saturated heterocycles. The number of hydrogen-bond donors (Lipinski definition) is 1. The van der Waals surface area contributed by atoms with E-state index >= 15 is 0 Å². The van der Waals surface area contributed by atoms with Crippen LogP contribution in [0, 0.1) is 11.7 Å². The predicted molar refractivity (Wildman–Crippen MR) is 57.8 cm³/mol. The molecule has 0 saturated carbocycles. The van der Waals surface area contributed by atoms with Gasteiger partial charge in [-0.3, -0.25) is 4.79 Å². The summed E-state index contributed by atoms with van der Waals surface area (Å²) in [6, 6.07) is 6.53. The molecule has 1 amide bonds. The van der Waals surface area contributed by atoms with Crippen molar-refractivity contribution in [2.24, 2.45) is 11.7 Å². The molecule has 2 nitrogen and oxygen atoms in total. The molecule has 0 spiro atoms. The smallest absolute Gasteiger partial charge is 0.218 e. The average Bonchev–Trinajstić information content (AvgIpc) is 2.15. The maximum atomic E-state index is 13.5. The van der Waals surface area contributed by atoms with Gasteiger partial charge in [-0.05, 0) is 23.5 Å². The van der Waals surface area contributed by atoms with Crippen LogP contribution in [-0.4, -0.2) is 5.91 Å². The van der Waals surface area contributed by atoms with Gasteiger partial charge in [-0.15, -0.1) is 0 Å². The van der Waals surface area contributed by atoms with Gasteiger partial charge in [0.15, 0.2) is 0 Å². The van der Waals surface area contributed by atoms with Crippen molar-refractivity contribution in [1.29, 1.82) is 0 Å². The Labute approximate surface area is 89.3 Å². The van der Waals surface area contributed by atoms with E-state index in [-0.39, 0.29) is 24.1 Å². The van der Waals surface area contributed by atoms with Gasteiger partial charge in [0.1, 0.15) is 5.82 Å². The van der Waals surface area contributed by atoms with Crippen molar-refractivity contribution < 1.29 is 9.18 Å². The van der Waals surface area contributed by atoms with Crippen LogP contribution < -0.4 is 5.73 Å². The van der Waals surface area contributed by atoms with Crippen molar-refractivity contribution in [2.45, 2.75) is 26.2 Å². The molecule has 1 aromatic rings. The van der Waals surface area contributed by atoms with Crippen LogP contribution in [0.4, 0.5) is 4.39 Å². The lowest BCUT2D eigenvalue weighted by Gasteiger charge is -2.20. The standard InChI is InChI=1S/C12H16FNO/c1-8(2)10(7-12(14)15)9-5-3-4-6-11(9)13/h3-6,8,10H,7H2,1-2H3,(H2,14,15). The normalized spacial score (nSPS) is 12.8. The highest BCUT2D eigenvalue weighted by Crippen LogP contribution is 2.29. The van der Waals surface area contributed by atoms with Crippen LogP contribution in [0.2, 0.25) is 0 Å². The van der Waals surface area contributed by atoms with Crippen LogP contribution >= 0.6 is 0 Å². The van der Waals surface area contributed by atoms with Gasteiger partial charge < -0.3 is 5.73 Å². The van der Waals surface area contributed by atoms with E-state index in [4.69, 9.17) is 5.73 Å². The molecule has 82 valence electrons. The van der Waals surface area contributed by atoms with Crippen LogP contribution in [0.25, 0.3) is 0 Å². The number of carbonyl (C=O) groups is 1. The highest BCUT2D eigenvalue weighted by atomic mass is 19.1. The van der Waals surface area contributed by atoms with E-state index in [1.165, 1.54) is 6.07 Å². The monoisotopic (exact) mass is 209 g/mol. The molecule has 0 fully saturated rings. The Balaban J connectivity index is 2.99. The third kappa shape index (κ3) is 3.05. The van der Waals surface area contributed by atoms with Crippen LogP contribution in [-0.2, 0) is 4.79 Å². The number of rotatable bonds is 4. The summed E-state index contributed by atoms with van der Waals surface area (Å²) in [5.41, 5.74) is 5.73. The molecule has 1 aromatic carbocycles. The molecule has 0 aliphatic carbocycles. The van der Waals surface area contributed by atoms with Crippen LogP contribution in [0.1, 0.15) is 31.7 Å². The average molecular weight is 209 g/mol. The molecule has 1 atom stereocenters.